The van der Waals surface area contributed by atoms with Gasteiger partial charge in [0, 0.05) is 11.1 Å². The summed E-state index contributed by atoms with van der Waals surface area (Å²) >= 11 is 2.97. The first-order valence-electron chi connectivity index (χ1n) is 5.52. The Morgan fingerprint density at radius 3 is 2.83 bits per heavy atom. The van der Waals surface area contributed by atoms with Gasteiger partial charge in [-0.15, -0.1) is 22.7 Å². The van der Waals surface area contributed by atoms with Gasteiger partial charge in [0.1, 0.15) is 5.01 Å². The van der Waals surface area contributed by atoms with E-state index in [2.05, 4.69) is 9.97 Å². The van der Waals surface area contributed by atoms with Crippen molar-refractivity contribution >= 4 is 38.7 Å². The molecule has 0 radical (unpaired) electrons. The molecule has 0 unspecified atom stereocenters. The number of Topliss-reactive ketones (excluding diaryl/α,β-unsaturated/α-hetero) is 1. The standard InChI is InChI=1S/C13H10N2OS2/c1-8-7-17-12(14-8)6-10(16)13-15-9-4-2-3-5-11(9)18-13/h2-5,7H,6H2,1H3. The van der Waals surface area contributed by atoms with Crippen molar-refractivity contribution in [2.24, 2.45) is 0 Å². The van der Waals surface area contributed by atoms with Crippen molar-refractivity contribution in [2.45, 2.75) is 13.3 Å². The van der Waals surface area contributed by atoms with E-state index >= 15 is 0 Å². The van der Waals surface area contributed by atoms with Crippen LogP contribution in [0.2, 0.25) is 0 Å². The van der Waals surface area contributed by atoms with E-state index in [1.54, 1.807) is 0 Å². The second-order valence-corrected chi connectivity index (χ2v) is 5.94. The van der Waals surface area contributed by atoms with Crippen molar-refractivity contribution in [1.29, 1.82) is 0 Å². The van der Waals surface area contributed by atoms with Crippen molar-refractivity contribution < 1.29 is 4.79 Å². The number of nitrogens with zero attached hydrogens (tertiary/aromatic N) is 2. The van der Waals surface area contributed by atoms with Crippen molar-refractivity contribution in [3.05, 3.63) is 45.4 Å². The highest BCUT2D eigenvalue weighted by Crippen LogP contribution is 2.23. The third kappa shape index (κ3) is 2.19. The van der Waals surface area contributed by atoms with E-state index in [4.69, 9.17) is 0 Å². The maximum Gasteiger partial charge on any atom is 0.198 e. The van der Waals surface area contributed by atoms with Gasteiger partial charge in [0.25, 0.3) is 0 Å². The Labute approximate surface area is 112 Å². The molecule has 0 N–H and O–H groups in total. The Morgan fingerprint density at radius 1 is 1.28 bits per heavy atom. The summed E-state index contributed by atoms with van der Waals surface area (Å²) in [5, 5.41) is 3.39. The lowest BCUT2D eigenvalue weighted by atomic mass is 10.3. The highest BCUT2D eigenvalue weighted by molar-refractivity contribution is 7.20. The summed E-state index contributed by atoms with van der Waals surface area (Å²) in [4.78, 5) is 20.8. The SMILES string of the molecule is Cc1csc(CC(=O)c2nc3ccccc3s2)n1. The predicted molar refractivity (Wildman–Crippen MR) is 74.5 cm³/mol. The van der Waals surface area contributed by atoms with Crippen LogP contribution in [0.1, 0.15) is 20.5 Å². The summed E-state index contributed by atoms with van der Waals surface area (Å²) in [5.74, 6) is 0.0468. The zero-order chi connectivity index (χ0) is 12.5. The molecule has 0 saturated carbocycles. The summed E-state index contributed by atoms with van der Waals surface area (Å²) in [6.45, 7) is 1.93. The van der Waals surface area contributed by atoms with Crippen LogP contribution in [0, 0.1) is 6.92 Å². The number of benzene rings is 1. The molecule has 0 aliphatic heterocycles. The van der Waals surface area contributed by atoms with Crippen LogP contribution in [-0.2, 0) is 6.42 Å². The average Bonchev–Trinajstić information content (AvgIpc) is 2.95. The monoisotopic (exact) mass is 274 g/mol. The van der Waals surface area contributed by atoms with Crippen LogP contribution >= 0.6 is 22.7 Å². The normalized spacial score (nSPS) is 10.9. The Balaban J connectivity index is 1.87. The fourth-order valence-electron chi connectivity index (χ4n) is 1.69. The smallest absolute Gasteiger partial charge is 0.198 e. The number of carbonyl (C=O) groups excluding carboxylic acids is 1. The molecule has 2 aromatic heterocycles. The van der Waals surface area contributed by atoms with E-state index in [0.29, 0.717) is 11.4 Å². The first kappa shape index (κ1) is 11.5. The highest BCUT2D eigenvalue weighted by atomic mass is 32.1. The number of hydrogen-bond acceptors (Lipinski definition) is 5. The molecule has 0 spiro atoms. The predicted octanol–water partition coefficient (Wildman–Crippen LogP) is 3.49. The molecule has 1 aromatic carbocycles. The van der Waals surface area contributed by atoms with Crippen molar-refractivity contribution in [3.63, 3.8) is 0 Å². The third-order valence-corrected chi connectivity index (χ3v) is 4.55. The topological polar surface area (TPSA) is 42.9 Å². The fourth-order valence-corrected chi connectivity index (χ4v) is 3.36. The van der Waals surface area contributed by atoms with Crippen LogP contribution in [0.4, 0.5) is 0 Å². The molecular weight excluding hydrogens is 264 g/mol. The van der Waals surface area contributed by atoms with Gasteiger partial charge in [-0.25, -0.2) is 9.97 Å². The number of para-hydroxylation sites is 1. The molecule has 3 aromatic rings. The molecular formula is C13H10N2OS2. The Morgan fingerprint density at radius 2 is 2.11 bits per heavy atom. The van der Waals surface area contributed by atoms with Crippen molar-refractivity contribution in [2.75, 3.05) is 0 Å². The summed E-state index contributed by atoms with van der Waals surface area (Å²) in [5.41, 5.74) is 1.85. The Bertz CT molecular complexity index is 681. The molecule has 0 fully saturated rings. The zero-order valence-electron chi connectivity index (χ0n) is 9.71. The zero-order valence-corrected chi connectivity index (χ0v) is 11.3. The van der Waals surface area contributed by atoms with Gasteiger partial charge in [-0.1, -0.05) is 12.1 Å². The minimum atomic E-state index is 0.0468. The van der Waals surface area contributed by atoms with Crippen LogP contribution in [0.15, 0.2) is 29.6 Å². The molecule has 2 heterocycles. The lowest BCUT2D eigenvalue weighted by Crippen LogP contribution is -2.02. The van der Waals surface area contributed by atoms with Crippen LogP contribution in [0.5, 0.6) is 0 Å². The van der Waals surface area contributed by atoms with Gasteiger partial charge >= 0.3 is 0 Å². The summed E-state index contributed by atoms with van der Waals surface area (Å²) in [6.07, 6.45) is 0.346. The van der Waals surface area contributed by atoms with Gasteiger partial charge in [0.15, 0.2) is 10.8 Å². The Kier molecular flexibility index (Phi) is 2.93. The first-order valence-corrected chi connectivity index (χ1v) is 7.22. The molecule has 3 rings (SSSR count). The molecule has 0 atom stereocenters. The number of hydrogen-bond donors (Lipinski definition) is 0. The lowest BCUT2D eigenvalue weighted by Gasteiger charge is -1.91. The number of fused-ring (bicyclic) bond motifs is 1. The molecule has 3 nitrogen and oxygen atoms in total. The average molecular weight is 274 g/mol. The quantitative estimate of drug-likeness (QED) is 0.687. The van der Waals surface area contributed by atoms with Crippen LogP contribution in [0.25, 0.3) is 10.2 Å². The maximum atomic E-state index is 12.1. The van der Waals surface area contributed by atoms with Crippen molar-refractivity contribution in [1.82, 2.24) is 9.97 Å². The molecule has 0 bridgehead atoms. The van der Waals surface area contributed by atoms with E-state index in [9.17, 15) is 4.79 Å². The van der Waals surface area contributed by atoms with E-state index in [1.807, 2.05) is 36.6 Å². The molecule has 18 heavy (non-hydrogen) atoms. The van der Waals surface area contributed by atoms with Gasteiger partial charge in [-0.2, -0.15) is 0 Å². The van der Waals surface area contributed by atoms with Gasteiger partial charge in [0.05, 0.1) is 16.6 Å². The van der Waals surface area contributed by atoms with E-state index in [1.165, 1.54) is 22.7 Å². The molecule has 0 aliphatic rings. The van der Waals surface area contributed by atoms with E-state index < -0.39 is 0 Å². The minimum absolute atomic E-state index is 0.0468. The number of ketones is 1. The van der Waals surface area contributed by atoms with Crippen molar-refractivity contribution in [3.8, 4) is 0 Å². The number of rotatable bonds is 3. The lowest BCUT2D eigenvalue weighted by molar-refractivity contribution is 0.0993. The van der Waals surface area contributed by atoms with Crippen LogP contribution < -0.4 is 0 Å². The van der Waals surface area contributed by atoms with Gasteiger partial charge in [-0.05, 0) is 19.1 Å². The molecule has 0 saturated heterocycles. The van der Waals surface area contributed by atoms with Crippen LogP contribution in [-0.4, -0.2) is 15.8 Å². The van der Waals surface area contributed by atoms with Gasteiger partial charge in [-0.3, -0.25) is 4.79 Å². The molecule has 0 amide bonds. The molecule has 0 aliphatic carbocycles. The van der Waals surface area contributed by atoms with Gasteiger partial charge in [0.2, 0.25) is 0 Å². The summed E-state index contributed by atoms with van der Waals surface area (Å²) < 4.78 is 1.05. The number of thiazole rings is 2. The summed E-state index contributed by atoms with van der Waals surface area (Å²) in [7, 11) is 0. The van der Waals surface area contributed by atoms with Gasteiger partial charge < -0.3 is 0 Å². The number of aromatic nitrogens is 2. The Hall–Kier alpha value is -1.59. The van der Waals surface area contributed by atoms with Crippen LogP contribution in [0.3, 0.4) is 0 Å². The molecule has 90 valence electrons. The molecule has 5 heteroatoms. The second-order valence-electron chi connectivity index (χ2n) is 3.97. The maximum absolute atomic E-state index is 12.1. The van der Waals surface area contributed by atoms with E-state index in [0.717, 1.165) is 20.9 Å². The minimum Gasteiger partial charge on any atom is -0.291 e. The number of aryl methyl sites for hydroxylation is 1. The van der Waals surface area contributed by atoms with E-state index in [-0.39, 0.29) is 5.78 Å². The fraction of sp³-hybridized carbons (Fsp3) is 0.154. The first-order chi connectivity index (χ1) is 8.72. The number of carbonyl (C=O) groups is 1. The largest absolute Gasteiger partial charge is 0.291 e. The third-order valence-electron chi connectivity index (χ3n) is 2.51. The second kappa shape index (κ2) is 4.59. The highest BCUT2D eigenvalue weighted by Gasteiger charge is 2.14. The summed E-state index contributed by atoms with van der Waals surface area (Å²) in [6, 6.07) is 7.80.